The second kappa shape index (κ2) is 7.71. The Kier molecular flexibility index (Phi) is 6.21. The largest absolute Gasteiger partial charge is 0.481 e. The van der Waals surface area contributed by atoms with Crippen molar-refractivity contribution >= 4 is 23.3 Å². The molecule has 3 N–H and O–H groups in total. The van der Waals surface area contributed by atoms with Crippen LogP contribution in [0, 0.1) is 6.92 Å². The van der Waals surface area contributed by atoms with Gasteiger partial charge in [0.1, 0.15) is 0 Å². The van der Waals surface area contributed by atoms with Gasteiger partial charge in [0.15, 0.2) is 0 Å². The van der Waals surface area contributed by atoms with Gasteiger partial charge in [-0.1, -0.05) is 0 Å². The van der Waals surface area contributed by atoms with Crippen LogP contribution in [0.15, 0.2) is 10.8 Å². The number of hydrogen-bond donors (Lipinski definition) is 3. The summed E-state index contributed by atoms with van der Waals surface area (Å²) < 4.78 is 0. The fourth-order valence-electron chi connectivity index (χ4n) is 1.41. The highest BCUT2D eigenvalue weighted by Gasteiger charge is 2.03. The van der Waals surface area contributed by atoms with E-state index in [1.807, 2.05) is 17.7 Å². The van der Waals surface area contributed by atoms with Crippen LogP contribution in [0.1, 0.15) is 30.4 Å². The molecule has 0 saturated carbocycles. The molecule has 0 saturated heterocycles. The van der Waals surface area contributed by atoms with E-state index in [1.165, 1.54) is 5.56 Å². The predicted octanol–water partition coefficient (Wildman–Crippen LogP) is 2.11. The molecule has 0 spiro atoms. The third-order valence-corrected chi connectivity index (χ3v) is 3.41. The highest BCUT2D eigenvalue weighted by molar-refractivity contribution is 7.08. The standard InChI is InChI=1S/C12H18N2O3S/c1-9-7-18-8-10(9)6-14-12(17)13-5-3-2-4-11(15)16/h7-8H,2-6H2,1H3,(H,15,16)(H2,13,14,17). The SMILES string of the molecule is Cc1cscc1CNC(=O)NCCCCC(=O)O. The molecule has 0 atom stereocenters. The van der Waals surface area contributed by atoms with Gasteiger partial charge < -0.3 is 15.7 Å². The molecule has 0 aromatic carbocycles. The first-order valence-electron chi connectivity index (χ1n) is 5.84. The molecule has 2 amide bonds. The molecule has 6 heteroatoms. The number of unbranched alkanes of at least 4 members (excludes halogenated alkanes) is 1. The van der Waals surface area contributed by atoms with Gasteiger partial charge in [0.2, 0.25) is 0 Å². The molecule has 0 aliphatic rings. The number of carboxylic acids is 1. The quantitative estimate of drug-likeness (QED) is 0.664. The van der Waals surface area contributed by atoms with Crippen LogP contribution in [0.5, 0.6) is 0 Å². The third-order valence-electron chi connectivity index (χ3n) is 2.50. The van der Waals surface area contributed by atoms with E-state index in [0.717, 1.165) is 5.56 Å². The Hall–Kier alpha value is -1.56. The second-order valence-corrected chi connectivity index (χ2v) is 4.78. The Labute approximate surface area is 110 Å². The van der Waals surface area contributed by atoms with E-state index < -0.39 is 5.97 Å². The summed E-state index contributed by atoms with van der Waals surface area (Å²) in [4.78, 5) is 21.7. The maximum atomic E-state index is 11.4. The maximum Gasteiger partial charge on any atom is 0.315 e. The summed E-state index contributed by atoms with van der Waals surface area (Å²) in [6.45, 7) is 3.04. The van der Waals surface area contributed by atoms with Crippen molar-refractivity contribution in [2.45, 2.75) is 32.7 Å². The molecule has 0 aliphatic heterocycles. The van der Waals surface area contributed by atoms with E-state index in [2.05, 4.69) is 10.6 Å². The zero-order valence-corrected chi connectivity index (χ0v) is 11.2. The van der Waals surface area contributed by atoms with Gasteiger partial charge in [-0.15, -0.1) is 0 Å². The lowest BCUT2D eigenvalue weighted by atomic mass is 10.2. The van der Waals surface area contributed by atoms with Crippen molar-refractivity contribution < 1.29 is 14.7 Å². The maximum absolute atomic E-state index is 11.4. The number of carbonyl (C=O) groups is 2. The molecule has 1 aromatic heterocycles. The topological polar surface area (TPSA) is 78.4 Å². The average molecular weight is 270 g/mol. The minimum atomic E-state index is -0.799. The Morgan fingerprint density at radius 2 is 2.06 bits per heavy atom. The lowest BCUT2D eigenvalue weighted by Crippen LogP contribution is -2.35. The van der Waals surface area contributed by atoms with Gasteiger partial charge in [-0.3, -0.25) is 4.79 Å². The van der Waals surface area contributed by atoms with Crippen LogP contribution in [0.25, 0.3) is 0 Å². The van der Waals surface area contributed by atoms with E-state index in [4.69, 9.17) is 5.11 Å². The molecule has 0 fully saturated rings. The van der Waals surface area contributed by atoms with Crippen molar-refractivity contribution in [1.29, 1.82) is 0 Å². The van der Waals surface area contributed by atoms with Gasteiger partial charge in [0, 0.05) is 19.5 Å². The molecule has 0 unspecified atom stereocenters. The first-order valence-corrected chi connectivity index (χ1v) is 6.79. The fraction of sp³-hybridized carbons (Fsp3) is 0.500. The van der Waals surface area contributed by atoms with Crippen molar-refractivity contribution in [2.75, 3.05) is 6.54 Å². The highest BCUT2D eigenvalue weighted by Crippen LogP contribution is 2.12. The summed E-state index contributed by atoms with van der Waals surface area (Å²) in [6.07, 6.45) is 1.41. The fourth-order valence-corrected chi connectivity index (χ4v) is 2.27. The molecule has 18 heavy (non-hydrogen) atoms. The van der Waals surface area contributed by atoms with Gasteiger partial charge in [-0.2, -0.15) is 11.3 Å². The van der Waals surface area contributed by atoms with E-state index in [-0.39, 0.29) is 12.5 Å². The molecule has 0 radical (unpaired) electrons. The van der Waals surface area contributed by atoms with Crippen LogP contribution in [0.3, 0.4) is 0 Å². The summed E-state index contributed by atoms with van der Waals surface area (Å²) in [5, 5.41) is 18.0. The number of amides is 2. The van der Waals surface area contributed by atoms with Crippen molar-refractivity contribution in [3.05, 3.63) is 21.9 Å². The summed E-state index contributed by atoms with van der Waals surface area (Å²) >= 11 is 1.62. The minimum absolute atomic E-state index is 0.150. The number of aliphatic carboxylic acids is 1. The van der Waals surface area contributed by atoms with Gasteiger partial charge in [-0.25, -0.2) is 4.79 Å². The molecule has 0 aliphatic carbocycles. The minimum Gasteiger partial charge on any atom is -0.481 e. The van der Waals surface area contributed by atoms with Crippen LogP contribution >= 0.6 is 11.3 Å². The molecule has 1 rings (SSSR count). The molecular formula is C12H18N2O3S. The molecule has 5 nitrogen and oxygen atoms in total. The zero-order chi connectivity index (χ0) is 13.4. The van der Waals surface area contributed by atoms with Crippen molar-refractivity contribution in [3.8, 4) is 0 Å². The van der Waals surface area contributed by atoms with Gasteiger partial charge in [0.05, 0.1) is 0 Å². The monoisotopic (exact) mass is 270 g/mol. The Bertz CT molecular complexity index is 404. The van der Waals surface area contributed by atoms with E-state index in [0.29, 0.717) is 25.9 Å². The number of carbonyl (C=O) groups excluding carboxylic acids is 1. The number of carboxylic acid groups (broad SMARTS) is 1. The number of urea groups is 1. The number of rotatable bonds is 7. The number of aryl methyl sites for hydroxylation is 1. The summed E-state index contributed by atoms with van der Waals surface area (Å²) in [7, 11) is 0. The van der Waals surface area contributed by atoms with Gasteiger partial charge >= 0.3 is 12.0 Å². The van der Waals surface area contributed by atoms with Crippen LogP contribution in [0.4, 0.5) is 4.79 Å². The van der Waals surface area contributed by atoms with E-state index in [9.17, 15) is 9.59 Å². The predicted molar refractivity (Wildman–Crippen MR) is 70.8 cm³/mol. The first-order chi connectivity index (χ1) is 8.59. The summed E-state index contributed by atoms with van der Waals surface area (Å²) in [5.41, 5.74) is 2.31. The van der Waals surface area contributed by atoms with Gasteiger partial charge in [-0.05, 0) is 41.7 Å². The van der Waals surface area contributed by atoms with Gasteiger partial charge in [0.25, 0.3) is 0 Å². The average Bonchev–Trinajstić information content (AvgIpc) is 2.71. The van der Waals surface area contributed by atoms with E-state index >= 15 is 0 Å². The Balaban J connectivity index is 2.07. The van der Waals surface area contributed by atoms with Crippen LogP contribution in [-0.4, -0.2) is 23.7 Å². The Morgan fingerprint density at radius 3 is 2.67 bits per heavy atom. The molecular weight excluding hydrogens is 252 g/mol. The molecule has 1 aromatic rings. The summed E-state index contributed by atoms with van der Waals surface area (Å²) in [5.74, 6) is -0.799. The summed E-state index contributed by atoms with van der Waals surface area (Å²) in [6, 6.07) is -0.212. The molecule has 0 bridgehead atoms. The zero-order valence-electron chi connectivity index (χ0n) is 10.4. The van der Waals surface area contributed by atoms with Crippen molar-refractivity contribution in [2.24, 2.45) is 0 Å². The second-order valence-electron chi connectivity index (χ2n) is 4.04. The molecule has 1 heterocycles. The van der Waals surface area contributed by atoms with E-state index in [1.54, 1.807) is 11.3 Å². The lowest BCUT2D eigenvalue weighted by molar-refractivity contribution is -0.137. The Morgan fingerprint density at radius 1 is 1.28 bits per heavy atom. The first kappa shape index (κ1) is 14.5. The number of hydrogen-bond acceptors (Lipinski definition) is 3. The smallest absolute Gasteiger partial charge is 0.315 e. The van der Waals surface area contributed by atoms with Crippen LogP contribution in [0.2, 0.25) is 0 Å². The number of nitrogens with one attached hydrogen (secondary N) is 2. The molecule has 100 valence electrons. The number of thiophene rings is 1. The van der Waals surface area contributed by atoms with Crippen molar-refractivity contribution in [1.82, 2.24) is 10.6 Å². The van der Waals surface area contributed by atoms with Crippen molar-refractivity contribution in [3.63, 3.8) is 0 Å². The normalized spacial score (nSPS) is 10.1. The van der Waals surface area contributed by atoms with Crippen LogP contribution < -0.4 is 10.6 Å². The van der Waals surface area contributed by atoms with Crippen LogP contribution in [-0.2, 0) is 11.3 Å². The highest BCUT2D eigenvalue weighted by atomic mass is 32.1. The lowest BCUT2D eigenvalue weighted by Gasteiger charge is -2.07. The third kappa shape index (κ3) is 5.67.